The molecule has 0 amide bonds. The van der Waals surface area contributed by atoms with Gasteiger partial charge < -0.3 is 15.2 Å². The number of benzene rings is 1. The Morgan fingerprint density at radius 3 is 2.07 bits per heavy atom. The van der Waals surface area contributed by atoms with Crippen molar-refractivity contribution in [2.75, 3.05) is 6.54 Å². The van der Waals surface area contributed by atoms with E-state index in [1.54, 1.807) is 52.0 Å². The Balaban J connectivity index is 2.42. The average molecular weight is 373 g/mol. The number of carbonyl (C=O) groups excluding carboxylic acids is 3. The van der Waals surface area contributed by atoms with Gasteiger partial charge in [0.15, 0.2) is 11.5 Å². The van der Waals surface area contributed by atoms with Crippen LogP contribution < -0.4 is 5.73 Å². The molecule has 2 aromatic rings. The second kappa shape index (κ2) is 8.59. The highest BCUT2D eigenvalue weighted by Gasteiger charge is 2.26. The summed E-state index contributed by atoms with van der Waals surface area (Å²) in [5.74, 6) is -1.57. The third-order valence-electron chi connectivity index (χ3n) is 3.45. The number of Topliss-reactive ketones (excluding diaryl/α,β-unsaturated/α-hetero) is 1. The van der Waals surface area contributed by atoms with Crippen LogP contribution in [0, 0.1) is 0 Å². The van der Waals surface area contributed by atoms with Crippen molar-refractivity contribution in [2.24, 2.45) is 5.73 Å². The van der Waals surface area contributed by atoms with Crippen LogP contribution >= 0.6 is 0 Å². The summed E-state index contributed by atoms with van der Waals surface area (Å²) in [5, 5.41) is 4.19. The number of nitrogens with two attached hydrogens (primary N) is 1. The molecule has 0 radical (unpaired) electrons. The number of hydrogen-bond acceptors (Lipinski definition) is 7. The fourth-order valence-electron chi connectivity index (χ4n) is 2.27. The van der Waals surface area contributed by atoms with E-state index in [-0.39, 0.29) is 35.8 Å². The van der Waals surface area contributed by atoms with E-state index in [2.05, 4.69) is 5.10 Å². The zero-order chi connectivity index (χ0) is 20.1. The molecule has 27 heavy (non-hydrogen) atoms. The van der Waals surface area contributed by atoms with Crippen LogP contribution in [-0.4, -0.2) is 46.3 Å². The molecule has 8 heteroatoms. The van der Waals surface area contributed by atoms with Crippen molar-refractivity contribution >= 4 is 17.7 Å². The molecular weight excluding hydrogens is 350 g/mol. The molecule has 0 unspecified atom stereocenters. The van der Waals surface area contributed by atoms with E-state index < -0.39 is 11.9 Å². The second-order valence-corrected chi connectivity index (χ2v) is 6.42. The highest BCUT2D eigenvalue weighted by molar-refractivity contribution is 6.02. The van der Waals surface area contributed by atoms with Gasteiger partial charge in [-0.25, -0.2) is 14.3 Å². The summed E-state index contributed by atoms with van der Waals surface area (Å²) < 4.78 is 11.7. The van der Waals surface area contributed by atoms with Crippen LogP contribution in [0.15, 0.2) is 30.5 Å². The number of aromatic nitrogens is 2. The molecular formula is C19H23N3O5. The molecule has 2 rings (SSSR count). The third-order valence-corrected chi connectivity index (χ3v) is 3.45. The molecule has 144 valence electrons. The molecule has 0 saturated carbocycles. The average Bonchev–Trinajstić information content (AvgIpc) is 3.05. The van der Waals surface area contributed by atoms with Gasteiger partial charge in [-0.2, -0.15) is 5.10 Å². The summed E-state index contributed by atoms with van der Waals surface area (Å²) >= 11 is 0. The van der Waals surface area contributed by atoms with Gasteiger partial charge in [-0.15, -0.1) is 0 Å². The van der Waals surface area contributed by atoms with E-state index in [4.69, 9.17) is 15.2 Å². The maximum atomic E-state index is 12.4. The van der Waals surface area contributed by atoms with Gasteiger partial charge in [-0.05, 0) is 52.0 Å². The van der Waals surface area contributed by atoms with Gasteiger partial charge in [0.1, 0.15) is 5.56 Å². The summed E-state index contributed by atoms with van der Waals surface area (Å²) in [6.07, 6.45) is 0.691. The Morgan fingerprint density at radius 2 is 1.56 bits per heavy atom. The van der Waals surface area contributed by atoms with E-state index in [9.17, 15) is 14.4 Å². The predicted octanol–water partition coefficient (Wildman–Crippen LogP) is 2.14. The summed E-state index contributed by atoms with van der Waals surface area (Å²) in [7, 11) is 0. The Morgan fingerprint density at radius 1 is 1.00 bits per heavy atom. The lowest BCUT2D eigenvalue weighted by Crippen LogP contribution is -2.18. The van der Waals surface area contributed by atoms with E-state index in [0.717, 1.165) is 0 Å². The van der Waals surface area contributed by atoms with E-state index in [1.807, 2.05) is 0 Å². The molecule has 0 aliphatic rings. The molecule has 0 aliphatic heterocycles. The van der Waals surface area contributed by atoms with Crippen molar-refractivity contribution in [3.8, 4) is 5.69 Å². The molecule has 2 N–H and O–H groups in total. The van der Waals surface area contributed by atoms with Crippen LogP contribution in [0.2, 0.25) is 0 Å². The minimum Gasteiger partial charge on any atom is -0.459 e. The number of rotatable bonds is 7. The van der Waals surface area contributed by atoms with Crippen molar-refractivity contribution in [1.82, 2.24) is 9.78 Å². The van der Waals surface area contributed by atoms with Crippen LogP contribution in [0.1, 0.15) is 58.9 Å². The molecule has 0 bridgehead atoms. The normalized spacial score (nSPS) is 10.9. The lowest BCUT2D eigenvalue weighted by atomic mass is 10.1. The first-order chi connectivity index (χ1) is 12.7. The van der Waals surface area contributed by atoms with E-state index in [0.29, 0.717) is 11.3 Å². The van der Waals surface area contributed by atoms with Crippen molar-refractivity contribution in [2.45, 2.75) is 39.9 Å². The topological polar surface area (TPSA) is 114 Å². The lowest BCUT2D eigenvalue weighted by molar-refractivity contribution is 0.0324. The quantitative estimate of drug-likeness (QED) is 0.584. The second-order valence-electron chi connectivity index (χ2n) is 6.42. The smallest absolute Gasteiger partial charge is 0.360 e. The van der Waals surface area contributed by atoms with Crippen molar-refractivity contribution in [3.63, 3.8) is 0 Å². The number of hydrogen-bond donors (Lipinski definition) is 1. The molecule has 0 spiro atoms. The minimum absolute atomic E-state index is 0.0106. The molecule has 0 saturated heterocycles. The van der Waals surface area contributed by atoms with Crippen LogP contribution in [-0.2, 0) is 9.47 Å². The first kappa shape index (κ1) is 20.3. The molecule has 1 heterocycles. The minimum atomic E-state index is -0.714. The maximum Gasteiger partial charge on any atom is 0.360 e. The Labute approximate surface area is 157 Å². The van der Waals surface area contributed by atoms with Gasteiger partial charge >= 0.3 is 11.9 Å². The van der Waals surface area contributed by atoms with Gasteiger partial charge in [0.05, 0.1) is 24.4 Å². The SMILES string of the molecule is CC(C)OC(=O)c1cn(-c2ccc(C(=O)CN)cc2)nc1C(=O)OC(C)C. The van der Waals surface area contributed by atoms with Crippen molar-refractivity contribution < 1.29 is 23.9 Å². The van der Waals surface area contributed by atoms with E-state index in [1.165, 1.54) is 10.9 Å². The van der Waals surface area contributed by atoms with Gasteiger partial charge in [0.25, 0.3) is 0 Å². The first-order valence-corrected chi connectivity index (χ1v) is 8.58. The highest BCUT2D eigenvalue weighted by atomic mass is 16.5. The van der Waals surface area contributed by atoms with Gasteiger partial charge in [0, 0.05) is 11.8 Å². The Kier molecular flexibility index (Phi) is 6.46. The van der Waals surface area contributed by atoms with Crippen molar-refractivity contribution in [3.05, 3.63) is 47.3 Å². The summed E-state index contributed by atoms with van der Waals surface area (Å²) in [4.78, 5) is 36.3. The molecule has 1 aromatic heterocycles. The molecule has 0 aliphatic carbocycles. The van der Waals surface area contributed by atoms with Crippen molar-refractivity contribution in [1.29, 1.82) is 0 Å². The largest absolute Gasteiger partial charge is 0.459 e. The summed E-state index contributed by atoms with van der Waals surface area (Å²) in [5.41, 5.74) is 6.26. The van der Waals surface area contributed by atoms with E-state index >= 15 is 0 Å². The summed E-state index contributed by atoms with van der Waals surface area (Å²) in [6, 6.07) is 6.49. The van der Waals surface area contributed by atoms with Gasteiger partial charge in [0.2, 0.25) is 0 Å². The van der Waals surface area contributed by atoms with Crippen LogP contribution in [0.3, 0.4) is 0 Å². The first-order valence-electron chi connectivity index (χ1n) is 8.58. The van der Waals surface area contributed by atoms with Gasteiger partial charge in [-0.1, -0.05) is 0 Å². The number of esters is 2. The van der Waals surface area contributed by atoms with Crippen LogP contribution in [0.4, 0.5) is 0 Å². The maximum absolute atomic E-state index is 12.4. The fraction of sp³-hybridized carbons (Fsp3) is 0.368. The zero-order valence-corrected chi connectivity index (χ0v) is 15.8. The van der Waals surface area contributed by atoms with Gasteiger partial charge in [-0.3, -0.25) is 4.79 Å². The van der Waals surface area contributed by atoms with Crippen LogP contribution in [0.5, 0.6) is 0 Å². The monoisotopic (exact) mass is 373 g/mol. The summed E-state index contributed by atoms with van der Waals surface area (Å²) in [6.45, 7) is 6.74. The predicted molar refractivity (Wildman–Crippen MR) is 98.1 cm³/mol. The molecule has 0 atom stereocenters. The Hall–Kier alpha value is -3.00. The third kappa shape index (κ3) is 5.01. The molecule has 8 nitrogen and oxygen atoms in total. The number of nitrogens with zero attached hydrogens (tertiary/aromatic N) is 2. The molecule has 0 fully saturated rings. The lowest BCUT2D eigenvalue weighted by Gasteiger charge is -2.09. The fourth-order valence-corrected chi connectivity index (χ4v) is 2.27. The standard InChI is InChI=1S/C19H23N3O5/c1-11(2)26-18(24)15-10-22(21-17(15)19(25)27-12(3)4)14-7-5-13(6-8-14)16(23)9-20/h5-8,10-12H,9,20H2,1-4H3. The highest BCUT2D eigenvalue weighted by Crippen LogP contribution is 2.17. The van der Waals surface area contributed by atoms with Crippen LogP contribution in [0.25, 0.3) is 5.69 Å². The number of ketones is 1. The Bertz CT molecular complexity index is 798. The number of carbonyl (C=O) groups is 3. The molecule has 1 aromatic carbocycles. The number of ether oxygens (including phenoxy) is 2. The zero-order valence-electron chi connectivity index (χ0n) is 15.8.